The molecule has 3 rings (SSSR count). The zero-order valence-electron chi connectivity index (χ0n) is 14.7. The molecule has 3 aromatic rings. The van der Waals surface area contributed by atoms with Gasteiger partial charge in [-0.1, -0.05) is 32.3 Å². The maximum Gasteiger partial charge on any atom is -0.172 e. The fraction of sp³-hybridized carbons (Fsp3) is 0.286. The molecule has 0 aromatic heterocycles. The van der Waals surface area contributed by atoms with E-state index >= 15 is 0 Å². The van der Waals surface area contributed by atoms with Gasteiger partial charge >= 0.3 is 41.3 Å². The first kappa shape index (κ1) is 25.7. The molecule has 3 heteroatoms. The summed E-state index contributed by atoms with van der Waals surface area (Å²) >= 11 is 1.55. The fourth-order valence-corrected chi connectivity index (χ4v) is 2.12. The largest absolute Gasteiger partial charge is 1.00 e. The van der Waals surface area contributed by atoms with Gasteiger partial charge in [0.05, 0.1) is 0 Å². The second-order valence-electron chi connectivity index (χ2n) is 5.51. The first-order chi connectivity index (χ1) is 10.6. The molecular weight excluding hydrogens is 414 g/mol. The van der Waals surface area contributed by atoms with Crippen molar-refractivity contribution >= 4 is 14.0 Å². The maximum atomic E-state index is 2.26. The number of unbranched alkanes of at least 4 members (excludes halogenated alkanes) is 1. The van der Waals surface area contributed by atoms with E-state index in [1.807, 2.05) is 30.3 Å². The first-order valence-corrected chi connectivity index (χ1v) is 9.19. The average molecular weight is 441 g/mol. The van der Waals surface area contributed by atoms with Crippen molar-refractivity contribution in [1.29, 1.82) is 0 Å². The molecule has 0 aliphatic carbocycles. The Labute approximate surface area is 174 Å². The van der Waals surface area contributed by atoms with Gasteiger partial charge in [0.1, 0.15) is 0 Å². The summed E-state index contributed by atoms with van der Waals surface area (Å²) in [6.45, 7) is 6.49. The van der Waals surface area contributed by atoms with Crippen molar-refractivity contribution < 1.29 is 49.0 Å². The Kier molecular flexibility index (Phi) is 17.2. The molecule has 0 aliphatic rings. The monoisotopic (exact) mass is 438 g/mol. The van der Waals surface area contributed by atoms with Gasteiger partial charge in [-0.3, -0.25) is 0 Å². The number of hydrogen-bond acceptors (Lipinski definition) is 0. The van der Waals surface area contributed by atoms with Crippen LogP contribution in [0.1, 0.15) is 39.2 Å². The predicted molar refractivity (Wildman–Crippen MR) is 96.5 cm³/mol. The molecule has 0 unspecified atom stereocenters. The van der Waals surface area contributed by atoms with E-state index in [1.54, 1.807) is 24.2 Å². The summed E-state index contributed by atoms with van der Waals surface area (Å²) in [6, 6.07) is 23.1. The van der Waals surface area contributed by atoms with Gasteiger partial charge in [-0.25, -0.2) is 12.1 Å². The molecule has 0 saturated carbocycles. The summed E-state index contributed by atoms with van der Waals surface area (Å²) in [5.41, 5.74) is 1.51. The molecule has 0 N–H and O–H groups in total. The predicted octanol–water partition coefficient (Wildman–Crippen LogP) is 0.0602. The molecule has 0 radical (unpaired) electrons. The quantitative estimate of drug-likeness (QED) is 0.506. The fourth-order valence-electron chi connectivity index (χ4n) is 2.12. The van der Waals surface area contributed by atoms with Crippen molar-refractivity contribution in [3.8, 4) is 0 Å². The molecule has 0 heterocycles. The molecule has 0 saturated heterocycles. The van der Waals surface area contributed by atoms with Crippen LogP contribution in [0.2, 0.25) is 0 Å². The minimum absolute atomic E-state index is 0. The van der Waals surface area contributed by atoms with Gasteiger partial charge in [0.2, 0.25) is 0 Å². The molecule has 0 amide bonds. The maximum absolute atomic E-state index is 2.26. The van der Waals surface area contributed by atoms with E-state index in [9.17, 15) is 0 Å². The normalized spacial score (nSPS) is 8.71. The molecule has 0 fully saturated rings. The van der Waals surface area contributed by atoms with Crippen LogP contribution in [0.5, 0.6) is 0 Å². The van der Waals surface area contributed by atoms with Crippen molar-refractivity contribution in [2.24, 2.45) is 0 Å². The van der Waals surface area contributed by atoms with Gasteiger partial charge in [0.25, 0.3) is 0 Å². The minimum Gasteiger partial charge on any atom is -1.00 e. The van der Waals surface area contributed by atoms with Crippen LogP contribution < -0.4 is 24.8 Å². The zero-order chi connectivity index (χ0) is 16.2. The summed E-state index contributed by atoms with van der Waals surface area (Å²) in [6.07, 6.45) is 3.80. The number of aryl methyl sites for hydroxylation is 1. The first-order valence-electron chi connectivity index (χ1n) is 7.97. The molecule has 0 nitrogen and oxygen atoms in total. The Hall–Kier alpha value is -0.487. The van der Waals surface area contributed by atoms with E-state index in [1.165, 1.54) is 38.8 Å². The van der Waals surface area contributed by atoms with Crippen molar-refractivity contribution in [2.45, 2.75) is 40.0 Å². The molecule has 0 spiro atoms. The average Bonchev–Trinajstić information content (AvgIpc) is 3.18. The molecule has 0 atom stereocenters. The number of rotatable bonds is 3. The minimum atomic E-state index is 0. The second-order valence-corrected chi connectivity index (χ2v) is 7.97. The van der Waals surface area contributed by atoms with Gasteiger partial charge in [-0.05, 0) is 0 Å². The third-order valence-electron chi connectivity index (χ3n) is 3.13. The molecule has 3 aromatic carbocycles. The summed E-state index contributed by atoms with van der Waals surface area (Å²) in [5, 5.41) is 2.82. The van der Waals surface area contributed by atoms with Gasteiger partial charge in [0.15, 0.2) is 0 Å². The summed E-state index contributed by atoms with van der Waals surface area (Å²) in [7, 11) is 0. The smallest absolute Gasteiger partial charge is 0.172 e. The van der Waals surface area contributed by atoms with Gasteiger partial charge in [-0.15, -0.1) is 41.1 Å². The molecule has 0 bridgehead atoms. The van der Waals surface area contributed by atoms with E-state index in [2.05, 4.69) is 57.2 Å². The van der Waals surface area contributed by atoms with Crippen LogP contribution in [-0.2, 0) is 30.7 Å². The van der Waals surface area contributed by atoms with Crippen molar-refractivity contribution in [2.75, 3.05) is 0 Å². The second kappa shape index (κ2) is 16.0. The Morgan fingerprint density at radius 1 is 1.00 bits per heavy atom. The molecule has 0 aliphatic heterocycles. The van der Waals surface area contributed by atoms with Crippen LogP contribution in [0.4, 0.5) is 0 Å². The third kappa shape index (κ3) is 11.1. The van der Waals surface area contributed by atoms with Gasteiger partial charge in [0, 0.05) is 0 Å². The van der Waals surface area contributed by atoms with Gasteiger partial charge in [-0.2, -0.15) is 23.8 Å². The van der Waals surface area contributed by atoms with Crippen LogP contribution in [0.3, 0.4) is 0 Å². The molecular formula is C21H26Cl2Zr-2. The Balaban J connectivity index is 0. The van der Waals surface area contributed by atoms with E-state index in [-0.39, 0.29) is 24.8 Å². The Morgan fingerprint density at radius 2 is 1.58 bits per heavy atom. The van der Waals surface area contributed by atoms with Crippen molar-refractivity contribution in [3.05, 3.63) is 72.3 Å². The summed E-state index contributed by atoms with van der Waals surface area (Å²) in [5.74, 6) is 0. The zero-order valence-corrected chi connectivity index (χ0v) is 18.7. The number of benzene rings is 1. The van der Waals surface area contributed by atoms with Crippen LogP contribution >= 0.6 is 0 Å². The Morgan fingerprint density at radius 3 is 2.08 bits per heavy atom. The van der Waals surface area contributed by atoms with E-state index in [0.717, 1.165) is 0 Å². The Bertz CT molecular complexity index is 617. The van der Waals surface area contributed by atoms with E-state index in [0.29, 0.717) is 0 Å². The van der Waals surface area contributed by atoms with Crippen LogP contribution in [0, 0.1) is 0 Å². The van der Waals surface area contributed by atoms with Crippen molar-refractivity contribution in [1.82, 2.24) is 0 Å². The summed E-state index contributed by atoms with van der Waals surface area (Å²) in [4.78, 5) is 0. The van der Waals surface area contributed by atoms with E-state index in [4.69, 9.17) is 0 Å². The number of halogens is 2. The summed E-state index contributed by atoms with van der Waals surface area (Å²) < 4.78 is 1.51. The van der Waals surface area contributed by atoms with Crippen molar-refractivity contribution in [3.63, 3.8) is 0 Å². The third-order valence-corrected chi connectivity index (χ3v) is 3.13. The topological polar surface area (TPSA) is 0 Å². The SMILES string of the molecule is CCCCc1c[cH-]c2ccccc12.C[C](C)=[Zr+2].[Cl-].[Cl-].c1cc[cH-]c1. The van der Waals surface area contributed by atoms with Crippen LogP contribution in [-0.4, -0.2) is 3.21 Å². The van der Waals surface area contributed by atoms with Gasteiger partial charge < -0.3 is 24.8 Å². The number of hydrogen-bond donors (Lipinski definition) is 0. The molecule has 24 heavy (non-hydrogen) atoms. The van der Waals surface area contributed by atoms with Crippen LogP contribution in [0.15, 0.2) is 66.7 Å². The number of fused-ring (bicyclic) bond motifs is 1. The standard InChI is InChI=1S/C13H15.C5H5.C3H6.2ClH.Zr/c1-2-3-6-11-9-10-12-7-4-5-8-13(11)12;1-2-4-5-3-1;1-3-2;;;/h4-5,7-10H,2-3,6H2,1H3;1-5H;1-2H3;2*1H;/q2*-1;;;;+2/p-2. The molecule has 130 valence electrons. The van der Waals surface area contributed by atoms with Crippen LogP contribution in [0.25, 0.3) is 10.8 Å². The van der Waals surface area contributed by atoms with E-state index < -0.39 is 0 Å².